The quantitative estimate of drug-likeness (QED) is 0.500. The van der Waals surface area contributed by atoms with Gasteiger partial charge in [0, 0.05) is 24.5 Å². The van der Waals surface area contributed by atoms with Crippen LogP contribution in [0, 0.1) is 25.2 Å². The fraction of sp³-hybridized carbons (Fsp3) is 0.167. The van der Waals surface area contributed by atoms with Gasteiger partial charge in [0.2, 0.25) is 0 Å². The number of H-pyrrole nitrogens is 1. The van der Waals surface area contributed by atoms with Gasteiger partial charge in [-0.2, -0.15) is 15.5 Å². The van der Waals surface area contributed by atoms with Crippen LogP contribution in [0.15, 0.2) is 47.4 Å². The second-order valence-corrected chi connectivity index (χ2v) is 7.58. The Kier molecular flexibility index (Phi) is 5.24. The second-order valence-electron chi connectivity index (χ2n) is 7.58. The molecule has 0 saturated heterocycles. The number of aryl methyl sites for hydroxylation is 3. The minimum Gasteiger partial charge on any atom is -0.325 e. The molecule has 0 radical (unpaired) electrons. The van der Waals surface area contributed by atoms with Crippen molar-refractivity contribution in [2.24, 2.45) is 12.8 Å². The highest BCUT2D eigenvalue weighted by Gasteiger charge is 2.14. The average Bonchev–Trinajstić information content (AvgIpc) is 3.11. The van der Waals surface area contributed by atoms with Gasteiger partial charge < -0.3 is 5.73 Å². The molecule has 0 atom stereocenters. The van der Waals surface area contributed by atoms with E-state index in [4.69, 9.17) is 5.73 Å². The Morgan fingerprint density at radius 2 is 1.94 bits per heavy atom. The van der Waals surface area contributed by atoms with Crippen molar-refractivity contribution in [2.45, 2.75) is 20.4 Å². The molecule has 0 saturated carbocycles. The van der Waals surface area contributed by atoms with E-state index in [1.165, 1.54) is 0 Å². The lowest BCUT2D eigenvalue weighted by atomic mass is 9.98. The molecule has 4 aromatic rings. The van der Waals surface area contributed by atoms with Gasteiger partial charge in [0.15, 0.2) is 0 Å². The van der Waals surface area contributed by atoms with Crippen molar-refractivity contribution >= 4 is 22.4 Å². The number of rotatable bonds is 4. The molecule has 31 heavy (non-hydrogen) atoms. The Morgan fingerprint density at radius 1 is 1.19 bits per heavy atom. The fourth-order valence-electron chi connectivity index (χ4n) is 3.83. The lowest BCUT2D eigenvalue weighted by molar-refractivity contribution is 0.760. The zero-order valence-corrected chi connectivity index (χ0v) is 17.6. The van der Waals surface area contributed by atoms with Crippen molar-refractivity contribution in [3.8, 4) is 17.2 Å². The third-order valence-corrected chi connectivity index (χ3v) is 5.29. The molecule has 154 valence electrons. The number of fused-ring (bicyclic) bond motifs is 1. The number of nitrogens with two attached hydrogens (primary N) is 1. The SMILES string of the molecule is Cc1cc(C)cc(/C(C#N)=C/c2c(-c3ccc4c(=O)[nH]nc(CN)c4c3)cnn2C)c1. The molecule has 0 fully saturated rings. The van der Waals surface area contributed by atoms with Crippen molar-refractivity contribution in [2.75, 3.05) is 0 Å². The Balaban J connectivity index is 1.89. The van der Waals surface area contributed by atoms with Gasteiger partial charge in [-0.25, -0.2) is 5.10 Å². The van der Waals surface area contributed by atoms with Crippen molar-refractivity contribution in [3.05, 3.63) is 81.0 Å². The maximum absolute atomic E-state index is 12.1. The molecule has 7 nitrogen and oxygen atoms in total. The van der Waals surface area contributed by atoms with Gasteiger partial charge in [0.05, 0.1) is 34.6 Å². The van der Waals surface area contributed by atoms with Gasteiger partial charge in [-0.15, -0.1) is 0 Å². The maximum atomic E-state index is 12.1. The molecule has 0 spiro atoms. The number of aromatic nitrogens is 4. The molecule has 0 aliphatic heterocycles. The van der Waals surface area contributed by atoms with Crippen LogP contribution in [-0.4, -0.2) is 20.0 Å². The predicted octanol–water partition coefficient (Wildman–Crippen LogP) is 3.46. The monoisotopic (exact) mass is 410 g/mol. The first-order valence-corrected chi connectivity index (χ1v) is 9.85. The maximum Gasteiger partial charge on any atom is 0.272 e. The van der Waals surface area contributed by atoms with Crippen LogP contribution >= 0.6 is 0 Å². The van der Waals surface area contributed by atoms with E-state index < -0.39 is 0 Å². The molecule has 0 aliphatic carbocycles. The molecular formula is C24H22N6O. The lowest BCUT2D eigenvalue weighted by Gasteiger charge is -2.08. The predicted molar refractivity (Wildman–Crippen MR) is 122 cm³/mol. The topological polar surface area (TPSA) is 113 Å². The number of nitrogens with one attached hydrogen (secondary N) is 1. The largest absolute Gasteiger partial charge is 0.325 e. The molecule has 2 aromatic carbocycles. The molecule has 7 heteroatoms. The summed E-state index contributed by atoms with van der Waals surface area (Å²) in [4.78, 5) is 12.1. The minimum absolute atomic E-state index is 0.210. The van der Waals surface area contributed by atoms with Gasteiger partial charge in [-0.1, -0.05) is 35.4 Å². The van der Waals surface area contributed by atoms with E-state index in [2.05, 4.69) is 27.4 Å². The summed E-state index contributed by atoms with van der Waals surface area (Å²) in [5.74, 6) is 0. The number of benzene rings is 2. The van der Waals surface area contributed by atoms with Crippen LogP contribution in [0.5, 0.6) is 0 Å². The number of hydrogen-bond donors (Lipinski definition) is 2. The van der Waals surface area contributed by atoms with Crippen LogP contribution in [0.4, 0.5) is 0 Å². The van der Waals surface area contributed by atoms with Gasteiger partial charge in [0.1, 0.15) is 0 Å². The summed E-state index contributed by atoms with van der Waals surface area (Å²) in [5, 5.41) is 22.0. The summed E-state index contributed by atoms with van der Waals surface area (Å²) in [6.07, 6.45) is 3.60. The lowest BCUT2D eigenvalue weighted by Crippen LogP contribution is -2.13. The summed E-state index contributed by atoms with van der Waals surface area (Å²) in [7, 11) is 1.84. The number of aromatic amines is 1. The Labute approximate surface area is 179 Å². The number of nitrogens with zero attached hydrogens (tertiary/aromatic N) is 4. The zero-order chi connectivity index (χ0) is 22.1. The second kappa shape index (κ2) is 8.01. The van der Waals surface area contributed by atoms with Gasteiger partial charge in [-0.3, -0.25) is 9.48 Å². The molecule has 0 aliphatic rings. The third-order valence-electron chi connectivity index (χ3n) is 5.29. The summed E-state index contributed by atoms with van der Waals surface area (Å²) in [5.41, 5.74) is 12.3. The molecular weight excluding hydrogens is 388 g/mol. The van der Waals surface area contributed by atoms with E-state index in [1.54, 1.807) is 16.9 Å². The minimum atomic E-state index is -0.258. The highest BCUT2D eigenvalue weighted by Crippen LogP contribution is 2.30. The number of allylic oxidation sites excluding steroid dienone is 1. The van der Waals surface area contributed by atoms with Gasteiger partial charge in [0.25, 0.3) is 5.56 Å². The summed E-state index contributed by atoms with van der Waals surface area (Å²) >= 11 is 0. The smallest absolute Gasteiger partial charge is 0.272 e. The molecule has 0 bridgehead atoms. The Morgan fingerprint density at radius 3 is 2.61 bits per heavy atom. The van der Waals surface area contributed by atoms with Crippen molar-refractivity contribution in [1.29, 1.82) is 5.26 Å². The molecule has 2 heterocycles. The molecule has 0 amide bonds. The number of nitriles is 1. The van der Waals surface area contributed by atoms with E-state index in [1.807, 2.05) is 51.2 Å². The first kappa shape index (κ1) is 20.3. The highest BCUT2D eigenvalue weighted by atomic mass is 16.1. The first-order chi connectivity index (χ1) is 14.9. The fourth-order valence-corrected chi connectivity index (χ4v) is 3.83. The molecule has 3 N–H and O–H groups in total. The van der Waals surface area contributed by atoms with E-state index in [-0.39, 0.29) is 12.1 Å². The van der Waals surface area contributed by atoms with Crippen LogP contribution in [0.25, 0.3) is 33.5 Å². The van der Waals surface area contributed by atoms with Crippen LogP contribution < -0.4 is 11.3 Å². The van der Waals surface area contributed by atoms with E-state index in [0.717, 1.165) is 33.5 Å². The van der Waals surface area contributed by atoms with Crippen LogP contribution in [0.3, 0.4) is 0 Å². The summed E-state index contributed by atoms with van der Waals surface area (Å²) in [6.45, 7) is 4.24. The normalized spacial score (nSPS) is 11.6. The van der Waals surface area contributed by atoms with Crippen LogP contribution in [0.2, 0.25) is 0 Å². The van der Waals surface area contributed by atoms with Crippen LogP contribution in [-0.2, 0) is 13.6 Å². The Hall–Kier alpha value is -4.02. The third kappa shape index (κ3) is 3.77. The van der Waals surface area contributed by atoms with E-state index in [0.29, 0.717) is 22.0 Å². The zero-order valence-electron chi connectivity index (χ0n) is 17.6. The number of hydrogen-bond acceptors (Lipinski definition) is 5. The summed E-state index contributed by atoms with van der Waals surface area (Å²) in [6, 6.07) is 13.9. The van der Waals surface area contributed by atoms with E-state index >= 15 is 0 Å². The van der Waals surface area contributed by atoms with Gasteiger partial charge in [-0.05, 0) is 43.2 Å². The van der Waals surface area contributed by atoms with Crippen LogP contribution in [0.1, 0.15) is 28.1 Å². The van der Waals surface area contributed by atoms with E-state index in [9.17, 15) is 10.1 Å². The summed E-state index contributed by atoms with van der Waals surface area (Å²) < 4.78 is 1.74. The molecule has 4 rings (SSSR count). The van der Waals surface area contributed by atoms with Crippen molar-refractivity contribution in [1.82, 2.24) is 20.0 Å². The van der Waals surface area contributed by atoms with Gasteiger partial charge >= 0.3 is 0 Å². The molecule has 2 aromatic heterocycles. The highest BCUT2D eigenvalue weighted by molar-refractivity contribution is 5.94. The standard InChI is InChI=1S/C24H22N6O/c1-14-6-15(2)8-17(7-14)18(11-25)10-23-21(13-27-30(23)3)16-4-5-19-20(9-16)22(12-26)28-29-24(19)31/h4-10,13H,12,26H2,1-3H3,(H,29,31)/b18-10+. The first-order valence-electron chi connectivity index (χ1n) is 9.85. The average molecular weight is 410 g/mol. The van der Waals surface area contributed by atoms with Crippen molar-refractivity contribution in [3.63, 3.8) is 0 Å². The Bertz CT molecular complexity index is 1410. The molecule has 0 unspecified atom stereocenters. The van der Waals surface area contributed by atoms with Crippen molar-refractivity contribution < 1.29 is 0 Å².